The SMILES string of the molecule is C=CCOC(=O)C1=C(CSCOc2cc(CCCCC)cc(O)c2[C@@H]2C=C(C)CC[C@H]2C(=C)C)S[C@@H]2[C@@H]([C@@H](C)O[Si](C)(C)C(C)(C)C)C(=O)N12. The summed E-state index contributed by atoms with van der Waals surface area (Å²) in [6.45, 7) is 27.4. The van der Waals surface area contributed by atoms with Gasteiger partial charge >= 0.3 is 5.97 Å². The molecule has 50 heavy (non-hydrogen) atoms. The summed E-state index contributed by atoms with van der Waals surface area (Å²) in [5.41, 5.74) is 4.61. The predicted octanol–water partition coefficient (Wildman–Crippen LogP) is 10.1. The summed E-state index contributed by atoms with van der Waals surface area (Å²) in [5, 5.41) is 11.3. The maximum atomic E-state index is 13.6. The molecule has 0 radical (unpaired) electrons. The number of esters is 1. The normalized spacial score (nSPS) is 22.9. The monoisotopic (exact) mass is 741 g/mol. The van der Waals surface area contributed by atoms with Gasteiger partial charge in [-0.25, -0.2) is 4.79 Å². The molecule has 0 aromatic heterocycles. The topological polar surface area (TPSA) is 85.3 Å². The molecular weight excluding hydrogens is 683 g/mol. The first-order chi connectivity index (χ1) is 23.5. The van der Waals surface area contributed by atoms with Crippen molar-refractivity contribution in [3.8, 4) is 11.5 Å². The molecule has 5 atom stereocenters. The Balaban J connectivity index is 1.55. The fraction of sp³-hybridized carbons (Fsp3) is 0.600. The van der Waals surface area contributed by atoms with E-state index in [9.17, 15) is 14.7 Å². The summed E-state index contributed by atoms with van der Waals surface area (Å²) in [6, 6.07) is 4.01. The van der Waals surface area contributed by atoms with E-state index < -0.39 is 14.3 Å². The number of fused-ring (bicyclic) bond motifs is 1. The van der Waals surface area contributed by atoms with E-state index in [0.717, 1.165) is 60.1 Å². The second-order valence-electron chi connectivity index (χ2n) is 15.6. The number of ether oxygens (including phenoxy) is 2. The number of carbonyl (C=O) groups excluding carboxylic acids is 2. The number of phenols is 1. The molecule has 10 heteroatoms. The number of unbranched alkanes of at least 4 members (excludes halogenated alkanes) is 2. The van der Waals surface area contributed by atoms with E-state index >= 15 is 0 Å². The zero-order valence-corrected chi connectivity index (χ0v) is 34.4. The highest BCUT2D eigenvalue weighted by Crippen LogP contribution is 2.53. The van der Waals surface area contributed by atoms with Gasteiger partial charge in [-0.05, 0) is 88.2 Å². The standard InChI is InChI=1S/C40H59NO6S2Si/c1-12-14-15-16-28-21-31(42)35(30-20-26(5)17-18-29(30)25(3)4)32(22-28)46-24-48-23-33-36(39(44)45-19-13-2)41-37(43)34(38(41)49-33)27(6)47-50(10,11)40(7,8)9/h13,20-22,27,29-30,34,38,42H,2-3,12,14-19,23-24H2,1,4-11H3/t27-,29+,30-,34+,38-/m1/s1. The molecular formula is C40H59NO6S2Si. The number of rotatable bonds is 17. The third kappa shape index (κ3) is 8.96. The van der Waals surface area contributed by atoms with Crippen LogP contribution in [0.1, 0.15) is 97.6 Å². The lowest BCUT2D eigenvalue weighted by Crippen LogP contribution is -2.62. The highest BCUT2D eigenvalue weighted by molar-refractivity contribution is 8.06. The van der Waals surface area contributed by atoms with Gasteiger partial charge in [0.15, 0.2) is 8.32 Å². The molecule has 7 nitrogen and oxygen atoms in total. The van der Waals surface area contributed by atoms with E-state index in [-0.39, 0.29) is 52.5 Å². The maximum absolute atomic E-state index is 13.6. The van der Waals surface area contributed by atoms with Crippen LogP contribution >= 0.6 is 23.5 Å². The van der Waals surface area contributed by atoms with Crippen molar-refractivity contribution in [2.24, 2.45) is 11.8 Å². The van der Waals surface area contributed by atoms with Crippen molar-refractivity contribution < 1.29 is 28.6 Å². The molecule has 1 aliphatic carbocycles. The van der Waals surface area contributed by atoms with Crippen LogP contribution in [0.25, 0.3) is 0 Å². The van der Waals surface area contributed by atoms with Crippen LogP contribution in [0.3, 0.4) is 0 Å². The first-order valence-electron chi connectivity index (χ1n) is 18.1. The Morgan fingerprint density at radius 1 is 1.26 bits per heavy atom. The van der Waals surface area contributed by atoms with E-state index in [2.05, 4.69) is 79.9 Å². The minimum atomic E-state index is -2.11. The van der Waals surface area contributed by atoms with Gasteiger partial charge in [-0.15, -0.1) is 23.5 Å². The summed E-state index contributed by atoms with van der Waals surface area (Å²) in [7, 11) is -2.11. The van der Waals surface area contributed by atoms with Crippen molar-refractivity contribution in [3.05, 3.63) is 70.3 Å². The number of aryl methyl sites for hydroxylation is 1. The van der Waals surface area contributed by atoms with E-state index in [0.29, 0.717) is 23.1 Å². The van der Waals surface area contributed by atoms with Crippen molar-refractivity contribution in [1.29, 1.82) is 0 Å². The molecule has 1 aromatic rings. The number of carbonyl (C=O) groups is 2. The quantitative estimate of drug-likeness (QED) is 0.0422. The number of aromatic hydroxyl groups is 1. The number of hydrogen-bond donors (Lipinski definition) is 1. The van der Waals surface area contributed by atoms with Crippen molar-refractivity contribution >= 4 is 43.7 Å². The number of thioether (sulfide) groups is 2. The molecule has 0 saturated carbocycles. The summed E-state index contributed by atoms with van der Waals surface area (Å²) in [6.07, 6.45) is 9.71. The Labute approximate surface area is 310 Å². The molecule has 2 heterocycles. The molecule has 3 aliphatic rings. The second kappa shape index (κ2) is 17.0. The van der Waals surface area contributed by atoms with Crippen LogP contribution in [0.5, 0.6) is 11.5 Å². The smallest absolute Gasteiger partial charge is 0.356 e. The third-order valence-corrected chi connectivity index (χ3v) is 17.6. The lowest BCUT2D eigenvalue weighted by Gasteiger charge is -2.48. The Kier molecular flexibility index (Phi) is 13.7. The summed E-state index contributed by atoms with van der Waals surface area (Å²) in [4.78, 5) is 29.4. The molecule has 4 rings (SSSR count). The predicted molar refractivity (Wildman–Crippen MR) is 211 cm³/mol. The fourth-order valence-electron chi connectivity index (χ4n) is 6.84. The number of phenolic OH excluding ortho intramolecular Hbond substituents is 1. The zero-order chi connectivity index (χ0) is 37.0. The zero-order valence-electron chi connectivity index (χ0n) is 31.7. The highest BCUT2D eigenvalue weighted by atomic mass is 32.2. The van der Waals surface area contributed by atoms with Crippen LogP contribution in [0, 0.1) is 11.8 Å². The molecule has 1 aromatic carbocycles. The van der Waals surface area contributed by atoms with Crippen LogP contribution in [0.4, 0.5) is 0 Å². The molecule has 276 valence electrons. The highest BCUT2D eigenvalue weighted by Gasteiger charge is 2.59. The Morgan fingerprint density at radius 2 is 1.98 bits per heavy atom. The first kappa shape index (κ1) is 40.4. The molecule has 0 unspecified atom stereocenters. The van der Waals surface area contributed by atoms with Gasteiger partial charge in [-0.3, -0.25) is 9.69 Å². The van der Waals surface area contributed by atoms with Gasteiger partial charge in [0.1, 0.15) is 35.1 Å². The number of benzene rings is 1. The van der Waals surface area contributed by atoms with Gasteiger partial charge in [0, 0.05) is 22.1 Å². The maximum Gasteiger partial charge on any atom is 0.356 e. The average Bonchev–Trinajstić information content (AvgIpc) is 3.35. The number of nitrogens with zero attached hydrogens (tertiary/aromatic N) is 1. The van der Waals surface area contributed by atoms with Crippen LogP contribution in [0.15, 0.2) is 59.2 Å². The van der Waals surface area contributed by atoms with Gasteiger partial charge in [0.25, 0.3) is 0 Å². The first-order valence-corrected chi connectivity index (χ1v) is 23.0. The number of allylic oxidation sites excluding steroid dienone is 3. The average molecular weight is 742 g/mol. The minimum Gasteiger partial charge on any atom is -0.507 e. The lowest BCUT2D eigenvalue weighted by molar-refractivity contribution is -0.157. The van der Waals surface area contributed by atoms with Crippen molar-refractivity contribution in [2.45, 2.75) is 123 Å². The van der Waals surface area contributed by atoms with E-state index in [1.807, 2.05) is 13.0 Å². The Hall–Kier alpha value is -2.40. The van der Waals surface area contributed by atoms with Crippen LogP contribution < -0.4 is 4.74 Å². The summed E-state index contributed by atoms with van der Waals surface area (Å²) < 4.78 is 18.6. The minimum absolute atomic E-state index is 0.0134. The van der Waals surface area contributed by atoms with E-state index in [1.165, 1.54) is 23.4 Å². The van der Waals surface area contributed by atoms with Gasteiger partial charge in [0.05, 0.1) is 12.0 Å². The number of amides is 1. The summed E-state index contributed by atoms with van der Waals surface area (Å²) in [5.74, 6) is 0.985. The van der Waals surface area contributed by atoms with E-state index in [4.69, 9.17) is 13.9 Å². The van der Waals surface area contributed by atoms with Crippen LogP contribution in [0.2, 0.25) is 18.1 Å². The molecule has 2 aliphatic heterocycles. The van der Waals surface area contributed by atoms with Gasteiger partial charge in [-0.1, -0.05) is 77.0 Å². The van der Waals surface area contributed by atoms with Crippen LogP contribution in [-0.4, -0.2) is 60.0 Å². The molecule has 0 bridgehead atoms. The van der Waals surface area contributed by atoms with E-state index in [1.54, 1.807) is 16.7 Å². The van der Waals surface area contributed by atoms with Crippen LogP contribution in [-0.2, 0) is 25.2 Å². The second-order valence-corrected chi connectivity index (χ2v) is 22.5. The molecule has 1 amide bonds. The number of β-lactam (4-membered cyclic amide) rings is 1. The third-order valence-electron chi connectivity index (χ3n) is 10.7. The molecule has 1 fully saturated rings. The van der Waals surface area contributed by atoms with Gasteiger partial charge in [-0.2, -0.15) is 0 Å². The van der Waals surface area contributed by atoms with Gasteiger partial charge < -0.3 is 19.0 Å². The number of hydrogen-bond acceptors (Lipinski definition) is 8. The Morgan fingerprint density at radius 3 is 2.62 bits per heavy atom. The molecule has 0 spiro atoms. The van der Waals surface area contributed by atoms with Gasteiger partial charge in [0.2, 0.25) is 5.91 Å². The fourth-order valence-corrected chi connectivity index (χ4v) is 10.8. The molecule has 1 saturated heterocycles. The lowest BCUT2D eigenvalue weighted by atomic mass is 9.73. The molecule has 1 N–H and O–H groups in total. The Bertz CT molecular complexity index is 1510. The van der Waals surface area contributed by atoms with Crippen molar-refractivity contribution in [3.63, 3.8) is 0 Å². The van der Waals surface area contributed by atoms with Crippen molar-refractivity contribution in [2.75, 3.05) is 18.3 Å². The van der Waals surface area contributed by atoms with Crippen molar-refractivity contribution in [1.82, 2.24) is 4.90 Å². The summed E-state index contributed by atoms with van der Waals surface area (Å²) >= 11 is 3.09. The largest absolute Gasteiger partial charge is 0.507 e.